The second kappa shape index (κ2) is 8.79. The number of likely N-dealkylation sites (tertiary alicyclic amines) is 1. The zero-order valence-electron chi connectivity index (χ0n) is 15.8. The molecule has 2 aromatic rings. The summed E-state index contributed by atoms with van der Waals surface area (Å²) >= 11 is 0. The smallest absolute Gasteiger partial charge is 0.272 e. The summed E-state index contributed by atoms with van der Waals surface area (Å²) in [7, 11) is 2.03. The highest BCUT2D eigenvalue weighted by atomic mass is 16.2. The molecular formula is C21H28N4O. The van der Waals surface area contributed by atoms with Crippen molar-refractivity contribution in [3.05, 3.63) is 42.1 Å². The van der Waals surface area contributed by atoms with Crippen molar-refractivity contribution in [1.29, 1.82) is 0 Å². The topological polar surface area (TPSA) is 49.3 Å². The maximum Gasteiger partial charge on any atom is 0.272 e. The average molecular weight is 352 g/mol. The van der Waals surface area contributed by atoms with Crippen LogP contribution in [0.5, 0.6) is 0 Å². The lowest BCUT2D eigenvalue weighted by molar-refractivity contribution is 0.0718. The number of unbranched alkanes of at least 4 members (excludes halogenated alkanes) is 1. The number of benzene rings is 1. The molecule has 1 saturated heterocycles. The minimum atomic E-state index is 0.0226. The number of aromatic nitrogens is 2. The van der Waals surface area contributed by atoms with Crippen molar-refractivity contribution in [3.63, 3.8) is 0 Å². The van der Waals surface area contributed by atoms with Gasteiger partial charge in [0, 0.05) is 38.3 Å². The predicted molar refractivity (Wildman–Crippen MR) is 105 cm³/mol. The minimum Gasteiger partial charge on any atom is -0.360 e. The monoisotopic (exact) mass is 352 g/mol. The second-order valence-corrected chi connectivity index (χ2v) is 6.93. The molecule has 0 unspecified atom stereocenters. The van der Waals surface area contributed by atoms with E-state index in [2.05, 4.69) is 16.8 Å². The number of hydrogen-bond acceptors (Lipinski definition) is 4. The van der Waals surface area contributed by atoms with Crippen LogP contribution in [0.1, 0.15) is 49.5 Å². The van der Waals surface area contributed by atoms with Gasteiger partial charge in [0.05, 0.1) is 0 Å². The lowest BCUT2D eigenvalue weighted by atomic mass is 10.1. The third kappa shape index (κ3) is 4.40. The number of amides is 1. The van der Waals surface area contributed by atoms with Gasteiger partial charge in [0.1, 0.15) is 11.5 Å². The highest BCUT2D eigenvalue weighted by molar-refractivity contribution is 5.93. The number of carbonyl (C=O) groups excluding carboxylic acids is 1. The summed E-state index contributed by atoms with van der Waals surface area (Å²) in [5.41, 5.74) is 1.44. The summed E-state index contributed by atoms with van der Waals surface area (Å²) in [5, 5.41) is 0. The molecule has 26 heavy (non-hydrogen) atoms. The molecule has 1 aromatic heterocycles. The van der Waals surface area contributed by atoms with Crippen molar-refractivity contribution in [2.45, 2.75) is 39.0 Å². The first-order valence-electron chi connectivity index (χ1n) is 9.64. The van der Waals surface area contributed by atoms with Gasteiger partial charge < -0.3 is 9.80 Å². The molecule has 2 heterocycles. The van der Waals surface area contributed by atoms with Crippen molar-refractivity contribution in [2.75, 3.05) is 31.6 Å². The Morgan fingerprint density at radius 3 is 2.54 bits per heavy atom. The van der Waals surface area contributed by atoms with E-state index in [0.717, 1.165) is 56.7 Å². The van der Waals surface area contributed by atoms with E-state index in [4.69, 9.17) is 4.98 Å². The van der Waals surface area contributed by atoms with E-state index in [1.54, 1.807) is 0 Å². The summed E-state index contributed by atoms with van der Waals surface area (Å²) in [4.78, 5) is 26.4. The van der Waals surface area contributed by atoms with Gasteiger partial charge in [-0.05, 0) is 25.7 Å². The van der Waals surface area contributed by atoms with Crippen LogP contribution in [0.3, 0.4) is 0 Å². The van der Waals surface area contributed by atoms with Crippen LogP contribution in [-0.2, 0) is 0 Å². The number of nitrogens with zero attached hydrogens (tertiary/aromatic N) is 4. The number of carbonyl (C=O) groups is 1. The molecule has 0 saturated carbocycles. The summed E-state index contributed by atoms with van der Waals surface area (Å²) < 4.78 is 0. The van der Waals surface area contributed by atoms with Crippen molar-refractivity contribution >= 4 is 11.7 Å². The Morgan fingerprint density at radius 2 is 1.85 bits per heavy atom. The van der Waals surface area contributed by atoms with Crippen LogP contribution in [0.2, 0.25) is 0 Å². The van der Waals surface area contributed by atoms with E-state index in [1.165, 1.54) is 6.42 Å². The van der Waals surface area contributed by atoms with Crippen molar-refractivity contribution < 1.29 is 4.79 Å². The zero-order chi connectivity index (χ0) is 18.4. The van der Waals surface area contributed by atoms with Gasteiger partial charge in [-0.3, -0.25) is 4.79 Å². The van der Waals surface area contributed by atoms with Gasteiger partial charge in [0.15, 0.2) is 5.82 Å². The van der Waals surface area contributed by atoms with Crippen LogP contribution in [0.15, 0.2) is 36.4 Å². The van der Waals surface area contributed by atoms with Crippen molar-refractivity contribution in [3.8, 4) is 11.4 Å². The molecule has 5 heteroatoms. The first-order valence-corrected chi connectivity index (χ1v) is 9.64. The molecule has 1 amide bonds. The van der Waals surface area contributed by atoms with Crippen molar-refractivity contribution in [2.24, 2.45) is 0 Å². The first kappa shape index (κ1) is 18.4. The summed E-state index contributed by atoms with van der Waals surface area (Å²) in [5.74, 6) is 1.45. The molecule has 0 radical (unpaired) electrons. The number of hydrogen-bond donors (Lipinski definition) is 0. The molecule has 138 valence electrons. The Balaban J connectivity index is 1.95. The predicted octanol–water partition coefficient (Wildman–Crippen LogP) is 4.01. The third-order valence-corrected chi connectivity index (χ3v) is 4.85. The fraction of sp³-hybridized carbons (Fsp3) is 0.476. The van der Waals surface area contributed by atoms with E-state index >= 15 is 0 Å². The van der Waals surface area contributed by atoms with Crippen LogP contribution >= 0.6 is 0 Å². The molecule has 1 fully saturated rings. The lowest BCUT2D eigenvalue weighted by Crippen LogP contribution is -2.36. The van der Waals surface area contributed by atoms with E-state index < -0.39 is 0 Å². The fourth-order valence-electron chi connectivity index (χ4n) is 3.22. The SMILES string of the molecule is CCCCN(C)c1cc(C(=O)N2CCCCC2)nc(-c2ccccc2)n1. The molecule has 3 rings (SSSR count). The van der Waals surface area contributed by atoms with Crippen molar-refractivity contribution in [1.82, 2.24) is 14.9 Å². The molecule has 0 spiro atoms. The maximum atomic E-state index is 13.0. The number of anilines is 1. The van der Waals surface area contributed by atoms with Gasteiger partial charge in [-0.1, -0.05) is 43.7 Å². The fourth-order valence-corrected chi connectivity index (χ4v) is 3.22. The zero-order valence-corrected chi connectivity index (χ0v) is 15.8. The van der Waals surface area contributed by atoms with Crippen LogP contribution in [0.4, 0.5) is 5.82 Å². The Kier molecular flexibility index (Phi) is 6.21. The highest BCUT2D eigenvalue weighted by Gasteiger charge is 2.21. The van der Waals surface area contributed by atoms with Gasteiger partial charge in [-0.2, -0.15) is 0 Å². The Hall–Kier alpha value is -2.43. The summed E-state index contributed by atoms with van der Waals surface area (Å²) in [6, 6.07) is 11.7. The van der Waals surface area contributed by atoms with Crippen LogP contribution < -0.4 is 4.90 Å². The largest absolute Gasteiger partial charge is 0.360 e. The Morgan fingerprint density at radius 1 is 1.12 bits per heavy atom. The quantitative estimate of drug-likeness (QED) is 0.788. The van der Waals surface area contributed by atoms with Crippen LogP contribution in [0.25, 0.3) is 11.4 Å². The van der Waals surface area contributed by atoms with Crippen LogP contribution in [-0.4, -0.2) is 47.5 Å². The number of piperidine rings is 1. The summed E-state index contributed by atoms with van der Waals surface area (Å²) in [6.07, 6.45) is 5.57. The molecule has 1 aliphatic heterocycles. The van der Waals surface area contributed by atoms with Gasteiger partial charge in [-0.25, -0.2) is 9.97 Å². The molecule has 1 aromatic carbocycles. The van der Waals surface area contributed by atoms with E-state index in [0.29, 0.717) is 11.5 Å². The second-order valence-electron chi connectivity index (χ2n) is 6.93. The number of rotatable bonds is 6. The van der Waals surface area contributed by atoms with Gasteiger partial charge in [0.25, 0.3) is 5.91 Å². The van der Waals surface area contributed by atoms with Gasteiger partial charge >= 0.3 is 0 Å². The average Bonchev–Trinajstić information content (AvgIpc) is 2.72. The molecule has 0 N–H and O–H groups in total. The van der Waals surface area contributed by atoms with E-state index in [-0.39, 0.29) is 5.91 Å². The van der Waals surface area contributed by atoms with E-state index in [1.807, 2.05) is 48.3 Å². The van der Waals surface area contributed by atoms with E-state index in [9.17, 15) is 4.79 Å². The first-order chi connectivity index (χ1) is 12.7. The molecule has 5 nitrogen and oxygen atoms in total. The highest BCUT2D eigenvalue weighted by Crippen LogP contribution is 2.21. The molecular weight excluding hydrogens is 324 g/mol. The standard InChI is InChI=1S/C21H28N4O/c1-3-4-13-24(2)19-16-18(21(26)25-14-9-6-10-15-25)22-20(23-19)17-11-7-5-8-12-17/h5,7-8,11-12,16H,3-4,6,9-10,13-15H2,1-2H3. The Labute approximate surface area is 156 Å². The molecule has 0 aliphatic carbocycles. The summed E-state index contributed by atoms with van der Waals surface area (Å²) in [6.45, 7) is 4.74. The maximum absolute atomic E-state index is 13.0. The van der Waals surface area contributed by atoms with Gasteiger partial charge in [0.2, 0.25) is 0 Å². The van der Waals surface area contributed by atoms with Crippen LogP contribution in [0, 0.1) is 0 Å². The molecule has 1 aliphatic rings. The molecule has 0 atom stereocenters. The third-order valence-electron chi connectivity index (χ3n) is 4.85. The minimum absolute atomic E-state index is 0.0226. The molecule has 0 bridgehead atoms. The van der Waals surface area contributed by atoms with Gasteiger partial charge in [-0.15, -0.1) is 0 Å². The normalized spacial score (nSPS) is 14.3. The Bertz CT molecular complexity index is 726. The lowest BCUT2D eigenvalue weighted by Gasteiger charge is -2.27.